The van der Waals surface area contributed by atoms with E-state index in [0.29, 0.717) is 5.56 Å². The molecule has 0 bridgehead atoms. The predicted octanol–water partition coefficient (Wildman–Crippen LogP) is 0.433. The standard InChI is InChI=1S/C17H14N2O4/c20-15(7-6-14-4-2-1-3-5-14)8-9-16(21)18-10-12-19(13-11-18)17(22)23/h1-5H,10-13H2,(H,22,23). The summed E-state index contributed by atoms with van der Waals surface area (Å²) in [5, 5.41) is 8.83. The largest absolute Gasteiger partial charge is 0.465 e. The fourth-order valence-corrected chi connectivity index (χ4v) is 1.97. The van der Waals surface area contributed by atoms with Crippen LogP contribution in [0, 0.1) is 23.7 Å². The Hall–Kier alpha value is -3.25. The number of ketones is 1. The average Bonchev–Trinajstić information content (AvgIpc) is 2.58. The quantitative estimate of drug-likeness (QED) is 0.557. The molecule has 0 aliphatic carbocycles. The van der Waals surface area contributed by atoms with Gasteiger partial charge in [-0.2, -0.15) is 0 Å². The van der Waals surface area contributed by atoms with E-state index >= 15 is 0 Å². The first kappa shape index (κ1) is 16.1. The van der Waals surface area contributed by atoms with Crippen molar-refractivity contribution in [2.24, 2.45) is 0 Å². The van der Waals surface area contributed by atoms with Crippen LogP contribution in [-0.2, 0) is 9.59 Å². The number of carbonyl (C=O) groups is 3. The summed E-state index contributed by atoms with van der Waals surface area (Å²) in [4.78, 5) is 36.8. The Morgan fingerprint density at radius 3 is 2.09 bits per heavy atom. The Morgan fingerprint density at radius 2 is 1.48 bits per heavy atom. The molecule has 1 aromatic rings. The topological polar surface area (TPSA) is 77.9 Å². The van der Waals surface area contributed by atoms with Gasteiger partial charge >= 0.3 is 6.09 Å². The van der Waals surface area contributed by atoms with E-state index in [2.05, 4.69) is 23.7 Å². The molecule has 1 fully saturated rings. The first-order valence-corrected chi connectivity index (χ1v) is 6.96. The van der Waals surface area contributed by atoms with Gasteiger partial charge in [-0.1, -0.05) is 24.1 Å². The van der Waals surface area contributed by atoms with Gasteiger partial charge in [-0.05, 0) is 24.0 Å². The molecule has 1 saturated heterocycles. The zero-order valence-corrected chi connectivity index (χ0v) is 12.3. The lowest BCUT2D eigenvalue weighted by molar-refractivity contribution is -0.126. The minimum atomic E-state index is -1.01. The molecule has 1 aliphatic rings. The van der Waals surface area contributed by atoms with E-state index in [-0.39, 0.29) is 26.2 Å². The maximum absolute atomic E-state index is 11.8. The van der Waals surface area contributed by atoms with Crippen LogP contribution in [0.4, 0.5) is 4.79 Å². The summed E-state index contributed by atoms with van der Waals surface area (Å²) in [5.41, 5.74) is 0.693. The summed E-state index contributed by atoms with van der Waals surface area (Å²) in [6, 6.07) is 8.98. The second-order valence-corrected chi connectivity index (χ2v) is 4.76. The van der Waals surface area contributed by atoms with Crippen LogP contribution in [0.1, 0.15) is 5.56 Å². The molecule has 2 amide bonds. The normalized spacial score (nSPS) is 13.2. The van der Waals surface area contributed by atoms with Crippen molar-refractivity contribution in [1.29, 1.82) is 0 Å². The van der Waals surface area contributed by atoms with Gasteiger partial charge in [0.15, 0.2) is 0 Å². The molecule has 0 atom stereocenters. The van der Waals surface area contributed by atoms with Gasteiger partial charge in [0, 0.05) is 37.7 Å². The molecular weight excluding hydrogens is 296 g/mol. The summed E-state index contributed by atoms with van der Waals surface area (Å²) in [6.07, 6.45) is -1.01. The third-order valence-corrected chi connectivity index (χ3v) is 3.21. The van der Waals surface area contributed by atoms with Gasteiger partial charge in [0.1, 0.15) is 0 Å². The molecule has 116 valence electrons. The molecule has 0 spiro atoms. The van der Waals surface area contributed by atoms with Crippen molar-refractivity contribution in [1.82, 2.24) is 9.80 Å². The number of amides is 2. The highest BCUT2D eigenvalue weighted by Crippen LogP contribution is 2.01. The highest BCUT2D eigenvalue weighted by Gasteiger charge is 2.22. The highest BCUT2D eigenvalue weighted by atomic mass is 16.4. The lowest BCUT2D eigenvalue weighted by Crippen LogP contribution is -2.50. The number of hydrogen-bond donors (Lipinski definition) is 1. The lowest BCUT2D eigenvalue weighted by atomic mass is 10.2. The Labute approximate surface area is 133 Å². The highest BCUT2D eigenvalue weighted by molar-refractivity contribution is 6.12. The summed E-state index contributed by atoms with van der Waals surface area (Å²) in [7, 11) is 0. The van der Waals surface area contributed by atoms with E-state index in [1.54, 1.807) is 24.3 Å². The van der Waals surface area contributed by atoms with Crippen molar-refractivity contribution in [2.45, 2.75) is 0 Å². The minimum Gasteiger partial charge on any atom is -0.465 e. The number of rotatable bonds is 0. The van der Waals surface area contributed by atoms with Crippen molar-refractivity contribution in [3.05, 3.63) is 35.9 Å². The smallest absolute Gasteiger partial charge is 0.407 e. The minimum absolute atomic E-state index is 0.241. The molecule has 1 aromatic carbocycles. The predicted molar refractivity (Wildman–Crippen MR) is 82.3 cm³/mol. The molecular formula is C17H14N2O4. The number of nitrogens with zero attached hydrogens (tertiary/aromatic N) is 2. The van der Waals surface area contributed by atoms with Crippen LogP contribution in [-0.4, -0.2) is 58.9 Å². The molecule has 0 saturated carbocycles. The van der Waals surface area contributed by atoms with Crippen LogP contribution < -0.4 is 0 Å². The molecule has 1 N–H and O–H groups in total. The molecule has 0 radical (unpaired) electrons. The van der Waals surface area contributed by atoms with Gasteiger partial charge in [-0.15, -0.1) is 0 Å². The van der Waals surface area contributed by atoms with Crippen LogP contribution in [0.2, 0.25) is 0 Å². The van der Waals surface area contributed by atoms with Gasteiger partial charge < -0.3 is 14.9 Å². The Morgan fingerprint density at radius 1 is 0.870 bits per heavy atom. The van der Waals surface area contributed by atoms with Gasteiger partial charge in [0.05, 0.1) is 0 Å². The molecule has 1 aliphatic heterocycles. The zero-order chi connectivity index (χ0) is 16.7. The average molecular weight is 310 g/mol. The van der Waals surface area contributed by atoms with Crippen molar-refractivity contribution in [3.8, 4) is 23.7 Å². The SMILES string of the molecule is O=C(C#CC(=O)N1CCN(C(=O)O)CC1)C#Cc1ccccc1. The fourth-order valence-electron chi connectivity index (χ4n) is 1.97. The third-order valence-electron chi connectivity index (χ3n) is 3.21. The molecule has 0 unspecified atom stereocenters. The van der Waals surface area contributed by atoms with Gasteiger partial charge in [0.2, 0.25) is 0 Å². The number of piperazine rings is 1. The third kappa shape index (κ3) is 4.90. The number of carbonyl (C=O) groups excluding carboxylic acids is 2. The van der Waals surface area contributed by atoms with Crippen LogP contribution in [0.25, 0.3) is 0 Å². The van der Waals surface area contributed by atoms with Crippen molar-refractivity contribution >= 4 is 17.8 Å². The maximum Gasteiger partial charge on any atom is 0.407 e. The van der Waals surface area contributed by atoms with Gasteiger partial charge in [-0.3, -0.25) is 9.59 Å². The lowest BCUT2D eigenvalue weighted by Gasteiger charge is -2.31. The van der Waals surface area contributed by atoms with Gasteiger partial charge in [-0.25, -0.2) is 4.79 Å². The Balaban J connectivity index is 1.89. The van der Waals surface area contributed by atoms with Crippen molar-refractivity contribution < 1.29 is 19.5 Å². The van der Waals surface area contributed by atoms with E-state index in [1.165, 1.54) is 9.80 Å². The van der Waals surface area contributed by atoms with Crippen LogP contribution in [0.5, 0.6) is 0 Å². The Kier molecular flexibility index (Phi) is 5.38. The van der Waals surface area contributed by atoms with Crippen LogP contribution in [0.3, 0.4) is 0 Å². The Bertz CT molecular complexity index is 727. The van der Waals surface area contributed by atoms with Gasteiger partial charge in [0.25, 0.3) is 11.7 Å². The molecule has 23 heavy (non-hydrogen) atoms. The second-order valence-electron chi connectivity index (χ2n) is 4.76. The molecule has 1 heterocycles. The molecule has 0 aromatic heterocycles. The monoisotopic (exact) mass is 310 g/mol. The van der Waals surface area contributed by atoms with E-state index in [9.17, 15) is 14.4 Å². The van der Waals surface area contributed by atoms with Crippen molar-refractivity contribution in [2.75, 3.05) is 26.2 Å². The van der Waals surface area contributed by atoms with Crippen LogP contribution >= 0.6 is 0 Å². The summed E-state index contributed by atoms with van der Waals surface area (Å²) < 4.78 is 0. The molecule has 6 heteroatoms. The fraction of sp³-hybridized carbons (Fsp3) is 0.235. The van der Waals surface area contributed by atoms with E-state index in [0.717, 1.165) is 0 Å². The molecule has 6 nitrogen and oxygen atoms in total. The summed E-state index contributed by atoms with van der Waals surface area (Å²) in [6.45, 7) is 1.02. The molecule has 2 rings (SSSR count). The number of carboxylic acid groups (broad SMARTS) is 1. The van der Waals surface area contributed by atoms with E-state index in [4.69, 9.17) is 5.11 Å². The first-order valence-electron chi connectivity index (χ1n) is 6.96. The van der Waals surface area contributed by atoms with Crippen LogP contribution in [0.15, 0.2) is 30.3 Å². The number of benzene rings is 1. The van der Waals surface area contributed by atoms with E-state index in [1.807, 2.05) is 6.07 Å². The number of hydrogen-bond acceptors (Lipinski definition) is 3. The maximum atomic E-state index is 11.8. The van der Waals surface area contributed by atoms with Crippen molar-refractivity contribution in [3.63, 3.8) is 0 Å². The second kappa shape index (κ2) is 7.67. The van der Waals surface area contributed by atoms with E-state index < -0.39 is 17.8 Å². The zero-order valence-electron chi connectivity index (χ0n) is 12.3. The number of Topliss-reactive ketones (excluding diaryl/α,β-unsaturated/α-hetero) is 1. The summed E-state index contributed by atoms with van der Waals surface area (Å²) >= 11 is 0. The summed E-state index contributed by atoms with van der Waals surface area (Å²) in [5.74, 6) is 8.35. The first-order chi connectivity index (χ1) is 11.1.